The summed E-state index contributed by atoms with van der Waals surface area (Å²) in [4.78, 5) is 13.3. The highest BCUT2D eigenvalue weighted by Gasteiger charge is 2.43. The van der Waals surface area contributed by atoms with Gasteiger partial charge in [0, 0.05) is 24.1 Å². The van der Waals surface area contributed by atoms with Gasteiger partial charge in [0.2, 0.25) is 5.91 Å². The lowest BCUT2D eigenvalue weighted by atomic mass is 9.76. The van der Waals surface area contributed by atoms with E-state index in [2.05, 4.69) is 10.6 Å². The van der Waals surface area contributed by atoms with Crippen molar-refractivity contribution in [3.63, 3.8) is 0 Å². The Morgan fingerprint density at radius 1 is 1.23 bits per heavy atom. The molecule has 3 rings (SSSR count). The molecule has 6 heteroatoms. The molecule has 146 valence electrons. The number of methoxy groups -OCH3 is 1. The van der Waals surface area contributed by atoms with Gasteiger partial charge in [-0.25, -0.2) is 0 Å². The minimum absolute atomic E-state index is 0. The van der Waals surface area contributed by atoms with Crippen molar-refractivity contribution < 1.29 is 9.53 Å². The number of ether oxygens (including phenoxy) is 1. The van der Waals surface area contributed by atoms with Gasteiger partial charge in [0.15, 0.2) is 0 Å². The zero-order chi connectivity index (χ0) is 17.8. The number of halogens is 2. The Balaban J connectivity index is 0.00000243. The Morgan fingerprint density at radius 2 is 1.92 bits per heavy atom. The minimum atomic E-state index is -0.425. The first-order chi connectivity index (χ1) is 12.1. The van der Waals surface area contributed by atoms with Gasteiger partial charge in [0.1, 0.15) is 0 Å². The molecule has 1 aliphatic heterocycles. The molecule has 1 saturated carbocycles. The van der Waals surface area contributed by atoms with E-state index >= 15 is 0 Å². The van der Waals surface area contributed by atoms with Crippen molar-refractivity contribution >= 4 is 29.9 Å². The second-order valence-electron chi connectivity index (χ2n) is 7.67. The molecular formula is C20H30Cl2N2O2. The van der Waals surface area contributed by atoms with Crippen molar-refractivity contribution in [1.29, 1.82) is 0 Å². The smallest absolute Gasteiger partial charge is 0.230 e. The van der Waals surface area contributed by atoms with E-state index in [4.69, 9.17) is 16.3 Å². The minimum Gasteiger partial charge on any atom is -0.384 e. The molecular weight excluding hydrogens is 371 g/mol. The number of amides is 1. The highest BCUT2D eigenvalue weighted by atomic mass is 35.5. The van der Waals surface area contributed by atoms with E-state index in [1.807, 2.05) is 24.3 Å². The van der Waals surface area contributed by atoms with E-state index < -0.39 is 5.41 Å². The normalized spacial score (nSPS) is 21.0. The van der Waals surface area contributed by atoms with Crippen LogP contribution in [0.5, 0.6) is 0 Å². The molecule has 2 aliphatic rings. The number of hydrogen-bond donors (Lipinski definition) is 2. The van der Waals surface area contributed by atoms with Crippen molar-refractivity contribution in [2.75, 3.05) is 33.4 Å². The number of carbonyl (C=O) groups is 1. The monoisotopic (exact) mass is 400 g/mol. The zero-order valence-electron chi connectivity index (χ0n) is 15.5. The molecule has 4 nitrogen and oxygen atoms in total. The summed E-state index contributed by atoms with van der Waals surface area (Å²) in [5.74, 6) is 0.154. The largest absolute Gasteiger partial charge is 0.384 e. The Bertz CT molecular complexity index is 592. The number of carbonyl (C=O) groups excluding carboxylic acids is 1. The second-order valence-corrected chi connectivity index (χ2v) is 8.10. The lowest BCUT2D eigenvalue weighted by molar-refractivity contribution is -0.127. The predicted octanol–water partition coefficient (Wildman–Crippen LogP) is 3.71. The standard InChI is InChI=1S/C20H29ClN2O2.ClH/c1-25-15-19(9-11-22-12-10-19)14-23-18(24)20(7-2-3-8-20)16-5-4-6-17(21)13-16;/h4-6,13,22H,2-3,7-12,14-15H2,1H3,(H,23,24);1H. The summed E-state index contributed by atoms with van der Waals surface area (Å²) in [6.07, 6.45) is 6.05. The van der Waals surface area contributed by atoms with E-state index in [1.165, 1.54) is 0 Å². The fraction of sp³-hybridized carbons (Fsp3) is 0.650. The molecule has 0 spiro atoms. The van der Waals surface area contributed by atoms with Gasteiger partial charge in [-0.2, -0.15) is 0 Å². The first kappa shape index (κ1) is 21.5. The molecule has 0 atom stereocenters. The quantitative estimate of drug-likeness (QED) is 0.764. The lowest BCUT2D eigenvalue weighted by Crippen LogP contribution is -2.51. The van der Waals surface area contributed by atoms with Gasteiger partial charge < -0.3 is 15.4 Å². The summed E-state index contributed by atoms with van der Waals surface area (Å²) in [6, 6.07) is 7.83. The van der Waals surface area contributed by atoms with Gasteiger partial charge in [0.25, 0.3) is 0 Å². The average Bonchev–Trinajstić information content (AvgIpc) is 3.12. The third kappa shape index (κ3) is 4.53. The molecule has 1 heterocycles. The van der Waals surface area contributed by atoms with Gasteiger partial charge in [-0.05, 0) is 56.5 Å². The van der Waals surface area contributed by atoms with Crippen LogP contribution in [0, 0.1) is 5.41 Å². The summed E-state index contributed by atoms with van der Waals surface area (Å²) < 4.78 is 5.47. The highest BCUT2D eigenvalue weighted by Crippen LogP contribution is 2.42. The molecule has 1 aromatic carbocycles. The number of benzene rings is 1. The molecule has 1 aliphatic carbocycles. The third-order valence-corrected chi connectivity index (χ3v) is 6.24. The topological polar surface area (TPSA) is 50.4 Å². The van der Waals surface area contributed by atoms with Gasteiger partial charge >= 0.3 is 0 Å². The molecule has 2 N–H and O–H groups in total. The van der Waals surface area contributed by atoms with Crippen LogP contribution in [0.15, 0.2) is 24.3 Å². The van der Waals surface area contributed by atoms with Crippen LogP contribution in [-0.2, 0) is 14.9 Å². The average molecular weight is 401 g/mol. The maximum atomic E-state index is 13.3. The zero-order valence-corrected chi connectivity index (χ0v) is 17.1. The number of rotatable bonds is 6. The number of hydrogen-bond acceptors (Lipinski definition) is 3. The first-order valence-electron chi connectivity index (χ1n) is 9.34. The molecule has 0 radical (unpaired) electrons. The number of piperidine rings is 1. The van der Waals surface area contributed by atoms with Gasteiger partial charge in [-0.15, -0.1) is 12.4 Å². The lowest BCUT2D eigenvalue weighted by Gasteiger charge is -2.38. The molecule has 1 aromatic rings. The SMILES string of the molecule is COCC1(CNC(=O)C2(c3cccc(Cl)c3)CCCC2)CCNCC1.Cl. The molecule has 1 amide bonds. The summed E-state index contributed by atoms with van der Waals surface area (Å²) in [5.41, 5.74) is 0.677. The van der Waals surface area contributed by atoms with E-state index in [-0.39, 0.29) is 23.7 Å². The van der Waals surface area contributed by atoms with Crippen LogP contribution in [0.1, 0.15) is 44.1 Å². The van der Waals surface area contributed by atoms with Crippen LogP contribution < -0.4 is 10.6 Å². The fourth-order valence-electron chi connectivity index (χ4n) is 4.48. The summed E-state index contributed by atoms with van der Waals surface area (Å²) in [7, 11) is 1.75. The highest BCUT2D eigenvalue weighted by molar-refractivity contribution is 6.30. The molecule has 2 fully saturated rings. The second kappa shape index (κ2) is 9.41. The molecule has 0 bridgehead atoms. The van der Waals surface area contributed by atoms with E-state index in [0.717, 1.165) is 57.2 Å². The van der Waals surface area contributed by atoms with Crippen molar-refractivity contribution in [1.82, 2.24) is 10.6 Å². The predicted molar refractivity (Wildman–Crippen MR) is 108 cm³/mol. The Morgan fingerprint density at radius 3 is 2.54 bits per heavy atom. The first-order valence-corrected chi connectivity index (χ1v) is 9.72. The maximum absolute atomic E-state index is 13.3. The van der Waals surface area contributed by atoms with E-state index in [9.17, 15) is 4.79 Å². The van der Waals surface area contributed by atoms with Crippen LogP contribution in [0.2, 0.25) is 5.02 Å². The van der Waals surface area contributed by atoms with Crippen LogP contribution in [0.25, 0.3) is 0 Å². The van der Waals surface area contributed by atoms with Crippen LogP contribution >= 0.6 is 24.0 Å². The van der Waals surface area contributed by atoms with Crippen molar-refractivity contribution in [2.45, 2.75) is 43.9 Å². The molecule has 26 heavy (non-hydrogen) atoms. The molecule has 1 saturated heterocycles. The van der Waals surface area contributed by atoms with E-state index in [1.54, 1.807) is 7.11 Å². The van der Waals surface area contributed by atoms with Crippen LogP contribution in [0.4, 0.5) is 0 Å². The van der Waals surface area contributed by atoms with Crippen molar-refractivity contribution in [3.05, 3.63) is 34.9 Å². The summed E-state index contributed by atoms with van der Waals surface area (Å²) in [6.45, 7) is 3.35. The van der Waals surface area contributed by atoms with Gasteiger partial charge in [-0.1, -0.05) is 36.6 Å². The van der Waals surface area contributed by atoms with E-state index in [0.29, 0.717) is 18.2 Å². The summed E-state index contributed by atoms with van der Waals surface area (Å²) >= 11 is 6.20. The summed E-state index contributed by atoms with van der Waals surface area (Å²) in [5, 5.41) is 7.39. The fourth-order valence-corrected chi connectivity index (χ4v) is 4.67. The van der Waals surface area contributed by atoms with Gasteiger partial charge in [-0.3, -0.25) is 4.79 Å². The number of nitrogens with one attached hydrogen (secondary N) is 2. The van der Waals surface area contributed by atoms with Crippen LogP contribution in [0.3, 0.4) is 0 Å². The Kier molecular flexibility index (Phi) is 7.77. The Hall–Kier alpha value is -0.810. The van der Waals surface area contributed by atoms with Gasteiger partial charge in [0.05, 0.1) is 12.0 Å². The Labute approximate surface area is 167 Å². The van der Waals surface area contributed by atoms with Crippen LogP contribution in [-0.4, -0.2) is 39.3 Å². The third-order valence-electron chi connectivity index (χ3n) is 6.01. The molecule has 0 unspecified atom stereocenters. The maximum Gasteiger partial charge on any atom is 0.230 e. The van der Waals surface area contributed by atoms with Crippen molar-refractivity contribution in [3.8, 4) is 0 Å². The molecule has 0 aromatic heterocycles. The van der Waals surface area contributed by atoms with Crippen molar-refractivity contribution in [2.24, 2.45) is 5.41 Å².